The second-order valence-electron chi connectivity index (χ2n) is 12.2. The molecule has 3 aliphatic rings. The molecule has 3 aromatic rings. The lowest BCUT2D eigenvalue weighted by Gasteiger charge is -2.42. The zero-order valence-corrected chi connectivity index (χ0v) is 25.9. The number of nitrogens with one attached hydrogen (secondary N) is 2. The molecule has 43 heavy (non-hydrogen) atoms. The number of hydrogen-bond acceptors (Lipinski definition) is 6. The Morgan fingerprint density at radius 2 is 1.91 bits per heavy atom. The lowest BCUT2D eigenvalue weighted by Crippen LogP contribution is -2.48. The van der Waals surface area contributed by atoms with E-state index in [-0.39, 0.29) is 29.1 Å². The molecule has 1 saturated carbocycles. The Kier molecular flexibility index (Phi) is 7.89. The molecule has 2 amide bonds. The summed E-state index contributed by atoms with van der Waals surface area (Å²) in [5.41, 5.74) is 3.67. The molecule has 1 aliphatic carbocycles. The molecule has 2 aliphatic heterocycles. The first-order valence-electron chi connectivity index (χ1n) is 14.8. The molecule has 3 aromatic carbocycles. The summed E-state index contributed by atoms with van der Waals surface area (Å²) in [4.78, 5) is 28.4. The molecule has 0 aromatic heterocycles. The predicted octanol–water partition coefficient (Wildman–Crippen LogP) is 5.48. The Bertz CT molecular complexity index is 1690. The van der Waals surface area contributed by atoms with Crippen molar-refractivity contribution in [2.45, 2.75) is 56.3 Å². The van der Waals surface area contributed by atoms with Gasteiger partial charge in [-0.15, -0.1) is 0 Å². The average molecular weight is 622 g/mol. The van der Waals surface area contributed by atoms with Crippen LogP contribution >= 0.6 is 11.6 Å². The van der Waals surface area contributed by atoms with Crippen LogP contribution in [-0.4, -0.2) is 39.9 Å². The van der Waals surface area contributed by atoms with Crippen LogP contribution in [0.25, 0.3) is 0 Å². The zero-order valence-electron chi connectivity index (χ0n) is 24.4. The van der Waals surface area contributed by atoms with Gasteiger partial charge >= 0.3 is 0 Å². The van der Waals surface area contributed by atoms with Gasteiger partial charge in [0.25, 0.3) is 10.0 Å². The van der Waals surface area contributed by atoms with Crippen molar-refractivity contribution >= 4 is 44.8 Å². The molecule has 4 bridgehead atoms. The van der Waals surface area contributed by atoms with Crippen LogP contribution in [0.2, 0.25) is 5.02 Å². The van der Waals surface area contributed by atoms with E-state index < -0.39 is 21.3 Å². The van der Waals surface area contributed by atoms with Crippen LogP contribution in [0.1, 0.15) is 49.8 Å². The summed E-state index contributed by atoms with van der Waals surface area (Å²) in [6, 6.07) is 17.7. The largest absolute Gasteiger partial charge is 0.490 e. The Morgan fingerprint density at radius 3 is 2.67 bits per heavy atom. The number of benzene rings is 3. The minimum Gasteiger partial charge on any atom is -0.490 e. The molecule has 2 heterocycles. The second kappa shape index (κ2) is 11.5. The highest BCUT2D eigenvalue weighted by Crippen LogP contribution is 2.43. The highest BCUT2D eigenvalue weighted by molar-refractivity contribution is 7.90. The van der Waals surface area contributed by atoms with Crippen molar-refractivity contribution in [1.29, 1.82) is 0 Å². The number of carbonyl (C=O) groups excluding carboxylic acids is 2. The van der Waals surface area contributed by atoms with E-state index in [1.807, 2.05) is 12.1 Å². The van der Waals surface area contributed by atoms with Crippen LogP contribution in [0.5, 0.6) is 5.75 Å². The maximum Gasteiger partial charge on any atom is 0.264 e. The van der Waals surface area contributed by atoms with Gasteiger partial charge in [-0.05, 0) is 84.3 Å². The zero-order chi connectivity index (χ0) is 30.4. The molecule has 6 rings (SSSR count). The van der Waals surface area contributed by atoms with Crippen molar-refractivity contribution in [2.75, 3.05) is 29.9 Å². The third-order valence-corrected chi connectivity index (χ3v) is 10.5. The number of rotatable bonds is 3. The van der Waals surface area contributed by atoms with Gasteiger partial charge in [-0.1, -0.05) is 50.1 Å². The first kappa shape index (κ1) is 29.5. The summed E-state index contributed by atoms with van der Waals surface area (Å²) < 4.78 is 35.5. The Hall–Kier alpha value is -3.56. The third-order valence-electron chi connectivity index (χ3n) is 8.92. The molecule has 1 fully saturated rings. The number of ether oxygens (including phenoxy) is 1. The number of anilines is 2. The summed E-state index contributed by atoms with van der Waals surface area (Å²) in [5, 5.41) is 3.71. The van der Waals surface area contributed by atoms with Gasteiger partial charge in [-0.25, -0.2) is 13.1 Å². The summed E-state index contributed by atoms with van der Waals surface area (Å²) in [5.74, 6) is -0.241. The number of amides is 2. The van der Waals surface area contributed by atoms with E-state index in [4.69, 9.17) is 16.3 Å². The lowest BCUT2D eigenvalue weighted by molar-refractivity contribution is -0.124. The number of carbonyl (C=O) groups is 2. The Labute approximate surface area is 257 Å². The Morgan fingerprint density at radius 1 is 1.07 bits per heavy atom. The third kappa shape index (κ3) is 5.97. The predicted molar refractivity (Wildman–Crippen MR) is 167 cm³/mol. The van der Waals surface area contributed by atoms with Crippen LogP contribution < -0.4 is 19.7 Å². The van der Waals surface area contributed by atoms with Crippen LogP contribution in [-0.2, 0) is 37.9 Å². The topological polar surface area (TPSA) is 105 Å². The summed E-state index contributed by atoms with van der Waals surface area (Å²) in [6.07, 6.45) is 3.35. The van der Waals surface area contributed by atoms with Crippen molar-refractivity contribution in [3.63, 3.8) is 0 Å². The minimum absolute atomic E-state index is 0.0151. The van der Waals surface area contributed by atoms with Crippen molar-refractivity contribution in [3.8, 4) is 5.75 Å². The van der Waals surface area contributed by atoms with E-state index >= 15 is 0 Å². The van der Waals surface area contributed by atoms with Crippen molar-refractivity contribution < 1.29 is 22.7 Å². The smallest absolute Gasteiger partial charge is 0.264 e. The van der Waals surface area contributed by atoms with Gasteiger partial charge < -0.3 is 15.0 Å². The van der Waals surface area contributed by atoms with E-state index in [2.05, 4.69) is 34.9 Å². The molecule has 3 atom stereocenters. The van der Waals surface area contributed by atoms with Gasteiger partial charge in [-0.3, -0.25) is 9.59 Å². The highest BCUT2D eigenvalue weighted by atomic mass is 35.5. The van der Waals surface area contributed by atoms with Crippen molar-refractivity contribution in [1.82, 2.24) is 4.72 Å². The van der Waals surface area contributed by atoms with E-state index in [1.165, 1.54) is 6.07 Å². The number of fused-ring (bicyclic) bond motifs is 4. The molecule has 0 spiro atoms. The quantitative estimate of drug-likeness (QED) is 0.402. The molecule has 10 heteroatoms. The molecular formula is C33H36ClN3O5S. The highest BCUT2D eigenvalue weighted by Gasteiger charge is 2.42. The summed E-state index contributed by atoms with van der Waals surface area (Å²) >= 11 is 6.40. The van der Waals surface area contributed by atoms with Crippen molar-refractivity contribution in [2.24, 2.45) is 11.8 Å². The lowest BCUT2D eigenvalue weighted by atomic mass is 9.72. The van der Waals surface area contributed by atoms with Gasteiger partial charge in [0.2, 0.25) is 11.8 Å². The van der Waals surface area contributed by atoms with E-state index in [0.29, 0.717) is 47.4 Å². The van der Waals surface area contributed by atoms with Crippen LogP contribution in [0.4, 0.5) is 11.4 Å². The number of hydrogen-bond donors (Lipinski definition) is 2. The van der Waals surface area contributed by atoms with Crippen LogP contribution in [0, 0.1) is 11.8 Å². The van der Waals surface area contributed by atoms with E-state index in [0.717, 1.165) is 36.8 Å². The Balaban J connectivity index is 1.43. The molecule has 226 valence electrons. The second-order valence-corrected chi connectivity index (χ2v) is 14.4. The number of nitrogens with zero attached hydrogens (tertiary/aromatic N) is 1. The van der Waals surface area contributed by atoms with Gasteiger partial charge in [-0.2, -0.15) is 0 Å². The molecule has 2 N–H and O–H groups in total. The van der Waals surface area contributed by atoms with E-state index in [1.54, 1.807) is 36.4 Å². The van der Waals surface area contributed by atoms with Gasteiger partial charge in [0.1, 0.15) is 5.75 Å². The number of aryl methyl sites for hydroxylation is 1. The maximum atomic E-state index is 13.4. The normalized spacial score (nSPS) is 24.9. The summed E-state index contributed by atoms with van der Waals surface area (Å²) in [6.45, 7) is 5.77. The monoisotopic (exact) mass is 621 g/mol. The number of halogens is 1. The molecule has 0 saturated heterocycles. The number of sulfonamides is 1. The standard InChI is InChI=1S/C33H36ClN3O5S/c1-3-5-22-16-24(34)9-12-28(22)33(2)19-37-18-23-8-11-27(23)32(39)35-25-7-4-6-21(14-25)15-31(38)36-43(40,41)26-10-13-30(42-20-33)29(37)17-26/h4,6-7,9-10,12-14,16-17,23,27H,3,5,8,11,15,18-20H2,1-2H3,(H,35,39)(H,36,38)/t23-,27+,33-/m0/s1. The first-order chi connectivity index (χ1) is 20.5. The fraction of sp³-hybridized carbons (Fsp3) is 0.394. The molecule has 0 radical (unpaired) electrons. The fourth-order valence-corrected chi connectivity index (χ4v) is 7.81. The SMILES string of the molecule is CCCc1cc(Cl)ccc1[C@]1(C)COc2ccc3cc2N(C[C@@H]2CC[C@H]2C(=O)Nc2cccc(c2)CC(=O)NS3(=O)=O)C1. The van der Waals surface area contributed by atoms with Crippen LogP contribution in [0.3, 0.4) is 0 Å². The maximum absolute atomic E-state index is 13.4. The van der Waals surface area contributed by atoms with Crippen LogP contribution in [0.15, 0.2) is 65.6 Å². The van der Waals surface area contributed by atoms with Crippen molar-refractivity contribution in [3.05, 3.63) is 82.4 Å². The molecule has 0 unspecified atom stereocenters. The fourth-order valence-electron chi connectivity index (χ4n) is 6.62. The van der Waals surface area contributed by atoms with E-state index in [9.17, 15) is 18.0 Å². The minimum atomic E-state index is -4.15. The average Bonchev–Trinajstić information content (AvgIpc) is 3.07. The molecular weight excluding hydrogens is 586 g/mol. The first-order valence-corrected chi connectivity index (χ1v) is 16.7. The summed E-state index contributed by atoms with van der Waals surface area (Å²) in [7, 11) is -4.15. The van der Waals surface area contributed by atoms with Gasteiger partial charge in [0.15, 0.2) is 0 Å². The molecule has 8 nitrogen and oxygen atoms in total. The van der Waals surface area contributed by atoms with Gasteiger partial charge in [0.05, 0.1) is 23.6 Å². The van der Waals surface area contributed by atoms with Gasteiger partial charge in [0, 0.05) is 35.1 Å².